The molecule has 1 unspecified atom stereocenters. The highest BCUT2D eigenvalue weighted by atomic mass is 16.6. The number of carbonyl (C=O) groups is 3. The average Bonchev–Trinajstić information content (AvgIpc) is 2.69. The Labute approximate surface area is 191 Å². The molecule has 1 atom stereocenters. The minimum Gasteiger partial charge on any atom is -0.444 e. The van der Waals surface area contributed by atoms with Crippen LogP contribution < -0.4 is 10.6 Å². The number of alkyl carbamates (subject to hydrolysis) is 1. The Morgan fingerprint density at radius 3 is 2.28 bits per heavy atom. The lowest BCUT2D eigenvalue weighted by atomic mass is 9.94. The third kappa shape index (κ3) is 8.58. The van der Waals surface area contributed by atoms with Crippen LogP contribution in [0.25, 0.3) is 0 Å². The number of nitrogens with one attached hydrogen (secondary N) is 2. The summed E-state index contributed by atoms with van der Waals surface area (Å²) in [5.41, 5.74) is 1.66. The van der Waals surface area contributed by atoms with Gasteiger partial charge in [-0.05, 0) is 57.7 Å². The lowest BCUT2D eigenvalue weighted by molar-refractivity contribution is -0.139. The number of nitrogens with zero attached hydrogens (tertiary/aromatic N) is 2. The number of aryl methyl sites for hydroxylation is 2. The Balaban J connectivity index is 3.18. The Morgan fingerprint density at radius 2 is 1.75 bits per heavy atom. The van der Waals surface area contributed by atoms with Gasteiger partial charge in [0.05, 0.1) is 6.07 Å². The smallest absolute Gasteiger partial charge is 0.408 e. The highest BCUT2D eigenvalue weighted by molar-refractivity contribution is 5.91. The molecule has 0 aliphatic carbocycles. The molecule has 0 radical (unpaired) electrons. The van der Waals surface area contributed by atoms with Crippen LogP contribution in [0, 0.1) is 25.2 Å². The number of unbranched alkanes of at least 4 members (excludes halogenated alkanes) is 2. The van der Waals surface area contributed by atoms with Crippen molar-refractivity contribution in [1.82, 2.24) is 15.5 Å². The predicted octanol–water partition coefficient (Wildman–Crippen LogP) is 3.53. The van der Waals surface area contributed by atoms with Crippen LogP contribution in [-0.4, -0.2) is 48.0 Å². The minimum absolute atomic E-state index is 0.296. The standard InChI is InChI=1S/C24H36N4O4/c1-7-8-9-14-26-22(30)21(20-17(2)11-10-12-18(20)3)28(15-13-25)19(29)16-27-23(31)32-24(4,5)6/h10-12,21H,7-9,14-16H2,1-6H3,(H,26,30)(H,27,31). The van der Waals surface area contributed by atoms with E-state index < -0.39 is 23.6 Å². The average molecular weight is 445 g/mol. The van der Waals surface area contributed by atoms with E-state index in [2.05, 4.69) is 17.6 Å². The quantitative estimate of drug-likeness (QED) is 0.424. The molecule has 0 aliphatic rings. The molecule has 0 heterocycles. The van der Waals surface area contributed by atoms with E-state index in [1.165, 1.54) is 4.90 Å². The highest BCUT2D eigenvalue weighted by Crippen LogP contribution is 2.28. The molecular formula is C24H36N4O4. The number of ether oxygens (including phenoxy) is 1. The second kappa shape index (κ2) is 12.7. The van der Waals surface area contributed by atoms with Gasteiger partial charge in [-0.25, -0.2) is 4.79 Å². The first-order chi connectivity index (χ1) is 15.0. The van der Waals surface area contributed by atoms with E-state index >= 15 is 0 Å². The molecule has 0 saturated carbocycles. The topological polar surface area (TPSA) is 112 Å². The zero-order valence-electron chi connectivity index (χ0n) is 20.1. The Kier molecular flexibility index (Phi) is 10.7. The first kappa shape index (κ1) is 27.0. The van der Waals surface area contributed by atoms with Crippen molar-refractivity contribution in [1.29, 1.82) is 5.26 Å². The fourth-order valence-electron chi connectivity index (χ4n) is 3.33. The van der Waals surface area contributed by atoms with Crippen molar-refractivity contribution in [2.24, 2.45) is 0 Å². The summed E-state index contributed by atoms with van der Waals surface area (Å²) in [5.74, 6) is -0.895. The maximum Gasteiger partial charge on any atom is 0.408 e. The molecule has 1 aromatic carbocycles. The monoisotopic (exact) mass is 444 g/mol. The van der Waals surface area contributed by atoms with Gasteiger partial charge in [0.25, 0.3) is 0 Å². The first-order valence-corrected chi connectivity index (χ1v) is 11.0. The zero-order valence-corrected chi connectivity index (χ0v) is 20.1. The highest BCUT2D eigenvalue weighted by Gasteiger charge is 2.33. The third-order valence-electron chi connectivity index (χ3n) is 4.80. The van der Waals surface area contributed by atoms with E-state index in [9.17, 15) is 19.6 Å². The number of hydrogen-bond acceptors (Lipinski definition) is 5. The summed E-state index contributed by atoms with van der Waals surface area (Å²) in [6.45, 7) is 10.8. The molecule has 32 heavy (non-hydrogen) atoms. The molecular weight excluding hydrogens is 408 g/mol. The van der Waals surface area contributed by atoms with Gasteiger partial charge in [-0.3, -0.25) is 9.59 Å². The molecule has 0 spiro atoms. The second-order valence-electron chi connectivity index (χ2n) is 8.74. The summed E-state index contributed by atoms with van der Waals surface area (Å²) in [6.07, 6.45) is 2.09. The number of carbonyl (C=O) groups excluding carboxylic acids is 3. The van der Waals surface area contributed by atoms with E-state index in [0.717, 1.165) is 30.4 Å². The van der Waals surface area contributed by atoms with Gasteiger partial charge in [-0.15, -0.1) is 0 Å². The van der Waals surface area contributed by atoms with E-state index in [0.29, 0.717) is 12.1 Å². The molecule has 8 heteroatoms. The maximum absolute atomic E-state index is 13.2. The Hall–Kier alpha value is -3.08. The molecule has 1 aromatic rings. The lowest BCUT2D eigenvalue weighted by Gasteiger charge is -2.31. The largest absolute Gasteiger partial charge is 0.444 e. The van der Waals surface area contributed by atoms with Crippen molar-refractivity contribution in [3.8, 4) is 6.07 Å². The van der Waals surface area contributed by atoms with Crippen LogP contribution in [0.4, 0.5) is 4.79 Å². The van der Waals surface area contributed by atoms with Crippen molar-refractivity contribution < 1.29 is 19.1 Å². The van der Waals surface area contributed by atoms with Gasteiger partial charge >= 0.3 is 6.09 Å². The molecule has 3 amide bonds. The van der Waals surface area contributed by atoms with Crippen molar-refractivity contribution in [2.75, 3.05) is 19.6 Å². The van der Waals surface area contributed by atoms with Crippen molar-refractivity contribution in [3.05, 3.63) is 34.9 Å². The van der Waals surface area contributed by atoms with Crippen LogP contribution >= 0.6 is 0 Å². The van der Waals surface area contributed by atoms with Crippen LogP contribution in [0.5, 0.6) is 0 Å². The van der Waals surface area contributed by atoms with Crippen molar-refractivity contribution in [3.63, 3.8) is 0 Å². The van der Waals surface area contributed by atoms with Gasteiger partial charge in [0.1, 0.15) is 24.7 Å². The number of hydrogen-bond donors (Lipinski definition) is 2. The van der Waals surface area contributed by atoms with Crippen molar-refractivity contribution >= 4 is 17.9 Å². The van der Waals surface area contributed by atoms with Gasteiger partial charge in [0, 0.05) is 6.54 Å². The molecule has 8 nitrogen and oxygen atoms in total. The summed E-state index contributed by atoms with van der Waals surface area (Å²) >= 11 is 0. The fraction of sp³-hybridized carbons (Fsp3) is 0.583. The van der Waals surface area contributed by atoms with Crippen LogP contribution in [0.15, 0.2) is 18.2 Å². The molecule has 0 saturated heterocycles. The zero-order chi connectivity index (χ0) is 24.3. The van der Waals surface area contributed by atoms with Crippen LogP contribution in [0.1, 0.15) is 69.7 Å². The summed E-state index contributed by atoms with van der Waals surface area (Å²) in [6, 6.07) is 6.61. The number of benzene rings is 1. The van der Waals surface area contributed by atoms with Crippen LogP contribution in [0.3, 0.4) is 0 Å². The lowest BCUT2D eigenvalue weighted by Crippen LogP contribution is -2.48. The molecule has 2 N–H and O–H groups in total. The molecule has 176 valence electrons. The van der Waals surface area contributed by atoms with Crippen LogP contribution in [0.2, 0.25) is 0 Å². The van der Waals surface area contributed by atoms with E-state index in [1.807, 2.05) is 38.1 Å². The summed E-state index contributed by atoms with van der Waals surface area (Å²) in [5, 5.41) is 14.7. The molecule has 0 fully saturated rings. The Morgan fingerprint density at radius 1 is 1.12 bits per heavy atom. The molecule has 0 aromatic heterocycles. The summed E-state index contributed by atoms with van der Waals surface area (Å²) in [4.78, 5) is 39.5. The first-order valence-electron chi connectivity index (χ1n) is 11.0. The number of nitriles is 1. The third-order valence-corrected chi connectivity index (χ3v) is 4.80. The van der Waals surface area contributed by atoms with Gasteiger partial charge < -0.3 is 20.3 Å². The maximum atomic E-state index is 13.2. The SMILES string of the molecule is CCCCCNC(=O)C(c1c(C)cccc1C)N(CC#N)C(=O)CNC(=O)OC(C)(C)C. The summed E-state index contributed by atoms with van der Waals surface area (Å²) < 4.78 is 5.17. The van der Waals surface area contributed by atoms with Crippen molar-refractivity contribution in [2.45, 2.75) is 72.4 Å². The van der Waals surface area contributed by atoms with E-state index in [4.69, 9.17) is 4.74 Å². The number of amides is 3. The van der Waals surface area contributed by atoms with E-state index in [1.54, 1.807) is 20.8 Å². The molecule has 1 rings (SSSR count). The van der Waals surface area contributed by atoms with Gasteiger partial charge in [0.2, 0.25) is 11.8 Å². The normalized spacial score (nSPS) is 11.8. The fourth-order valence-corrected chi connectivity index (χ4v) is 3.33. The van der Waals surface area contributed by atoms with Crippen LogP contribution in [-0.2, 0) is 14.3 Å². The van der Waals surface area contributed by atoms with Gasteiger partial charge in [0.15, 0.2) is 0 Å². The van der Waals surface area contributed by atoms with Gasteiger partial charge in [-0.1, -0.05) is 38.0 Å². The van der Waals surface area contributed by atoms with E-state index in [-0.39, 0.29) is 19.0 Å². The van der Waals surface area contributed by atoms with Gasteiger partial charge in [-0.2, -0.15) is 5.26 Å². The minimum atomic E-state index is -0.981. The molecule has 0 bridgehead atoms. The number of rotatable bonds is 10. The summed E-state index contributed by atoms with van der Waals surface area (Å²) in [7, 11) is 0. The second-order valence-corrected chi connectivity index (χ2v) is 8.74. The molecule has 0 aliphatic heterocycles. The predicted molar refractivity (Wildman–Crippen MR) is 123 cm³/mol. The Bertz CT molecular complexity index is 819.